The smallest absolute Gasteiger partial charge is 0.359 e. The van der Waals surface area contributed by atoms with Gasteiger partial charge >= 0.3 is 5.97 Å². The lowest BCUT2D eigenvalue weighted by Gasteiger charge is -2.12. The van der Waals surface area contributed by atoms with Crippen molar-refractivity contribution in [1.29, 1.82) is 0 Å². The summed E-state index contributed by atoms with van der Waals surface area (Å²) in [6.07, 6.45) is 3.65. The minimum atomic E-state index is -3.41. The second-order valence-electron chi connectivity index (χ2n) is 6.27. The van der Waals surface area contributed by atoms with E-state index in [2.05, 4.69) is 9.71 Å². The van der Waals surface area contributed by atoms with Gasteiger partial charge in [0.05, 0.1) is 11.8 Å². The Balaban J connectivity index is 1.75. The molecule has 8 nitrogen and oxygen atoms in total. The number of pyridine rings is 1. The molecule has 1 atom stereocenters. The molecule has 0 saturated carbocycles. The zero-order valence-corrected chi connectivity index (χ0v) is 17.6. The Bertz CT molecular complexity index is 1170. The summed E-state index contributed by atoms with van der Waals surface area (Å²) in [6.45, 7) is 1.48. The second-order valence-corrected chi connectivity index (χ2v) is 8.79. The molecule has 0 amide bonds. The summed E-state index contributed by atoms with van der Waals surface area (Å²) < 4.78 is 32.0. The summed E-state index contributed by atoms with van der Waals surface area (Å²) in [5.41, 5.74) is 1.37. The Morgan fingerprint density at radius 1 is 1.17 bits per heavy atom. The fourth-order valence-corrected chi connectivity index (χ4v) is 3.83. The number of hydrogen-bond acceptors (Lipinski definition) is 7. The minimum absolute atomic E-state index is 0.141. The maximum Gasteiger partial charge on any atom is 0.359 e. The highest BCUT2D eigenvalue weighted by molar-refractivity contribution is 7.98. The van der Waals surface area contributed by atoms with E-state index in [0.717, 1.165) is 6.26 Å². The quantitative estimate of drug-likeness (QED) is 0.347. The molecule has 0 spiro atoms. The Morgan fingerprint density at radius 3 is 2.48 bits per heavy atom. The zero-order valence-electron chi connectivity index (χ0n) is 15.9. The molecule has 1 N–H and O–H groups in total. The number of carbonyl (C=O) groups excluding carboxylic acids is 2. The lowest BCUT2D eigenvalue weighted by molar-refractivity contribution is 0.0315. The van der Waals surface area contributed by atoms with Crippen LogP contribution in [0.25, 0.3) is 5.52 Å². The standard InChI is InChI=1S/C19H19N3O5S2/c1-12(17(23)13-7-9-14(10-8-13)21-29(3,25)26)27-18(24)16-15-6-4-5-11-22(15)19(20-16)28-2/h4-12,21H,1-3H3. The first kappa shape index (κ1) is 20.9. The molecule has 1 unspecified atom stereocenters. The number of ketones is 1. The maximum atomic E-state index is 12.6. The number of benzene rings is 1. The monoisotopic (exact) mass is 433 g/mol. The van der Waals surface area contributed by atoms with E-state index in [1.54, 1.807) is 22.7 Å². The average Bonchev–Trinajstić information content (AvgIpc) is 3.05. The van der Waals surface area contributed by atoms with Crippen molar-refractivity contribution in [2.75, 3.05) is 17.2 Å². The molecular formula is C19H19N3O5S2. The van der Waals surface area contributed by atoms with Crippen LogP contribution in [-0.4, -0.2) is 48.2 Å². The van der Waals surface area contributed by atoms with Crippen LogP contribution in [0.3, 0.4) is 0 Å². The molecule has 2 heterocycles. The van der Waals surface area contributed by atoms with E-state index in [1.807, 2.05) is 12.3 Å². The van der Waals surface area contributed by atoms with Crippen LogP contribution in [0.5, 0.6) is 0 Å². The van der Waals surface area contributed by atoms with Crippen molar-refractivity contribution in [3.8, 4) is 0 Å². The van der Waals surface area contributed by atoms with E-state index < -0.39 is 27.9 Å². The van der Waals surface area contributed by atoms with Crippen molar-refractivity contribution in [3.63, 3.8) is 0 Å². The molecule has 0 bridgehead atoms. The number of nitrogens with one attached hydrogen (secondary N) is 1. The lowest BCUT2D eigenvalue weighted by Crippen LogP contribution is -2.24. The molecule has 0 radical (unpaired) electrons. The van der Waals surface area contributed by atoms with Gasteiger partial charge in [-0.05, 0) is 49.6 Å². The third kappa shape index (κ3) is 4.77. The van der Waals surface area contributed by atoms with Gasteiger partial charge in [-0.2, -0.15) is 0 Å². The number of ether oxygens (including phenoxy) is 1. The molecule has 2 aromatic heterocycles. The number of hydrogen-bond donors (Lipinski definition) is 1. The van der Waals surface area contributed by atoms with Crippen LogP contribution in [0.4, 0.5) is 5.69 Å². The van der Waals surface area contributed by atoms with E-state index >= 15 is 0 Å². The number of fused-ring (bicyclic) bond motifs is 1. The first-order valence-corrected chi connectivity index (χ1v) is 11.7. The van der Waals surface area contributed by atoms with Crippen molar-refractivity contribution in [2.45, 2.75) is 18.2 Å². The highest BCUT2D eigenvalue weighted by atomic mass is 32.2. The van der Waals surface area contributed by atoms with E-state index in [9.17, 15) is 18.0 Å². The first-order chi connectivity index (χ1) is 13.7. The average molecular weight is 434 g/mol. The SMILES string of the molecule is CSc1nc(C(=O)OC(C)C(=O)c2ccc(NS(C)(=O)=O)cc2)c2ccccn12. The fraction of sp³-hybridized carbons (Fsp3) is 0.211. The van der Waals surface area contributed by atoms with Gasteiger partial charge in [-0.3, -0.25) is 13.9 Å². The van der Waals surface area contributed by atoms with Crippen molar-refractivity contribution >= 4 is 44.7 Å². The van der Waals surface area contributed by atoms with Crippen molar-refractivity contribution < 1.29 is 22.7 Å². The number of aromatic nitrogens is 2. The number of rotatable bonds is 7. The third-order valence-electron chi connectivity index (χ3n) is 4.02. The lowest BCUT2D eigenvalue weighted by atomic mass is 10.1. The molecule has 10 heteroatoms. The van der Waals surface area contributed by atoms with E-state index in [-0.39, 0.29) is 5.69 Å². The fourth-order valence-electron chi connectivity index (χ4n) is 2.73. The summed E-state index contributed by atoms with van der Waals surface area (Å²) in [5, 5.41) is 0.639. The number of nitrogens with zero attached hydrogens (tertiary/aromatic N) is 2. The van der Waals surface area contributed by atoms with Gasteiger partial charge in [-0.15, -0.1) is 0 Å². The molecule has 29 heavy (non-hydrogen) atoms. The molecule has 3 rings (SSSR count). The molecule has 0 aliphatic rings. The maximum absolute atomic E-state index is 12.6. The molecule has 0 aliphatic heterocycles. The number of thioether (sulfide) groups is 1. The van der Waals surface area contributed by atoms with Gasteiger partial charge in [-0.25, -0.2) is 18.2 Å². The van der Waals surface area contributed by atoms with Crippen LogP contribution >= 0.6 is 11.8 Å². The first-order valence-electron chi connectivity index (χ1n) is 8.53. The van der Waals surface area contributed by atoms with Crippen LogP contribution in [0.15, 0.2) is 53.8 Å². The summed E-state index contributed by atoms with van der Waals surface area (Å²) in [7, 11) is -3.41. The van der Waals surface area contributed by atoms with Crippen LogP contribution in [0.2, 0.25) is 0 Å². The zero-order chi connectivity index (χ0) is 21.2. The largest absolute Gasteiger partial charge is 0.449 e. The van der Waals surface area contributed by atoms with E-state index in [1.165, 1.54) is 43.0 Å². The predicted octanol–water partition coefficient (Wildman–Crippen LogP) is 2.86. The van der Waals surface area contributed by atoms with Crippen molar-refractivity contribution in [3.05, 3.63) is 59.9 Å². The number of Topliss-reactive ketones (excluding diaryl/α,β-unsaturated/α-hetero) is 1. The summed E-state index contributed by atoms with van der Waals surface area (Å²) >= 11 is 1.39. The number of carbonyl (C=O) groups is 2. The molecule has 0 saturated heterocycles. The highest BCUT2D eigenvalue weighted by Crippen LogP contribution is 2.21. The minimum Gasteiger partial charge on any atom is -0.449 e. The summed E-state index contributed by atoms with van der Waals surface area (Å²) in [5.74, 6) is -1.09. The number of esters is 1. The van der Waals surface area contributed by atoms with Gasteiger partial charge in [0, 0.05) is 17.4 Å². The number of sulfonamides is 1. The van der Waals surface area contributed by atoms with E-state index in [4.69, 9.17) is 4.74 Å². The van der Waals surface area contributed by atoms with Gasteiger partial charge in [0.25, 0.3) is 0 Å². The molecule has 152 valence electrons. The van der Waals surface area contributed by atoms with Crippen LogP contribution in [-0.2, 0) is 14.8 Å². The topological polar surface area (TPSA) is 107 Å². The van der Waals surface area contributed by atoms with Crippen molar-refractivity contribution in [1.82, 2.24) is 9.38 Å². The van der Waals surface area contributed by atoms with Crippen LogP contribution < -0.4 is 4.72 Å². The van der Waals surface area contributed by atoms with E-state index in [0.29, 0.717) is 21.9 Å². The molecule has 3 aromatic rings. The molecule has 0 fully saturated rings. The number of anilines is 1. The molecular weight excluding hydrogens is 414 g/mol. The normalized spacial score (nSPS) is 12.5. The molecule has 1 aromatic carbocycles. The second kappa shape index (κ2) is 8.26. The summed E-state index contributed by atoms with van der Waals surface area (Å²) in [6, 6.07) is 11.3. The molecule has 0 aliphatic carbocycles. The van der Waals surface area contributed by atoms with Gasteiger partial charge in [0.1, 0.15) is 0 Å². The van der Waals surface area contributed by atoms with Crippen LogP contribution in [0, 0.1) is 0 Å². The Hall–Kier alpha value is -2.85. The van der Waals surface area contributed by atoms with Gasteiger partial charge < -0.3 is 4.74 Å². The Labute approximate surface area is 172 Å². The van der Waals surface area contributed by atoms with Gasteiger partial charge in [-0.1, -0.05) is 17.8 Å². The third-order valence-corrected chi connectivity index (χ3v) is 5.28. The van der Waals surface area contributed by atoms with Crippen molar-refractivity contribution in [2.24, 2.45) is 0 Å². The summed E-state index contributed by atoms with van der Waals surface area (Å²) in [4.78, 5) is 29.5. The van der Waals surface area contributed by atoms with Crippen LogP contribution in [0.1, 0.15) is 27.8 Å². The Morgan fingerprint density at radius 2 is 1.86 bits per heavy atom. The van der Waals surface area contributed by atoms with Gasteiger partial charge in [0.2, 0.25) is 15.8 Å². The Kier molecular flexibility index (Phi) is 5.94. The predicted molar refractivity (Wildman–Crippen MR) is 111 cm³/mol. The number of imidazole rings is 1. The highest BCUT2D eigenvalue weighted by Gasteiger charge is 2.24. The van der Waals surface area contributed by atoms with Gasteiger partial charge in [0.15, 0.2) is 17.0 Å².